The van der Waals surface area contributed by atoms with Gasteiger partial charge in [-0.05, 0) is 39.4 Å². The van der Waals surface area contributed by atoms with Crippen molar-refractivity contribution in [1.29, 1.82) is 0 Å². The van der Waals surface area contributed by atoms with Gasteiger partial charge in [0, 0.05) is 21.9 Å². The number of aromatic nitrogens is 2. The Morgan fingerprint density at radius 2 is 1.10 bits per heavy atom. The van der Waals surface area contributed by atoms with Crippen molar-refractivity contribution in [3.8, 4) is 33.8 Å². The van der Waals surface area contributed by atoms with Crippen LogP contribution in [0, 0.1) is 0 Å². The maximum absolute atomic E-state index is 6.65. The van der Waals surface area contributed by atoms with Crippen molar-refractivity contribution in [2.45, 2.75) is 0 Å². The molecule has 3 nitrogen and oxygen atoms in total. The van der Waals surface area contributed by atoms with Crippen molar-refractivity contribution in [3.63, 3.8) is 0 Å². The summed E-state index contributed by atoms with van der Waals surface area (Å²) < 4.78 is 6.65. The normalized spacial score (nSPS) is 11.6. The third-order valence-electron chi connectivity index (χ3n) is 7.48. The van der Waals surface area contributed by atoms with Gasteiger partial charge in [-0.3, -0.25) is 0 Å². The molecular weight excluding hydrogens is 476 g/mol. The summed E-state index contributed by atoms with van der Waals surface area (Å²) >= 11 is 0. The predicted octanol–water partition coefficient (Wildman–Crippen LogP) is 9.68. The third kappa shape index (κ3) is 3.52. The van der Waals surface area contributed by atoms with E-state index in [1.54, 1.807) is 0 Å². The van der Waals surface area contributed by atoms with Crippen LogP contribution in [-0.2, 0) is 0 Å². The molecule has 0 aliphatic carbocycles. The van der Waals surface area contributed by atoms with Crippen LogP contribution in [0.25, 0.3) is 77.4 Å². The molecule has 0 atom stereocenters. The van der Waals surface area contributed by atoms with Crippen LogP contribution in [0.1, 0.15) is 0 Å². The Bertz CT molecular complexity index is 2170. The number of benzene rings is 6. The largest absolute Gasteiger partial charge is 0.451 e. The van der Waals surface area contributed by atoms with Gasteiger partial charge in [0.2, 0.25) is 0 Å². The minimum absolute atomic E-state index is 0.690. The number of furan rings is 1. The van der Waals surface area contributed by atoms with Gasteiger partial charge in [0.05, 0.1) is 0 Å². The summed E-state index contributed by atoms with van der Waals surface area (Å²) in [5.74, 6) is 0.690. The van der Waals surface area contributed by atoms with E-state index >= 15 is 0 Å². The van der Waals surface area contributed by atoms with Gasteiger partial charge in [-0.2, -0.15) is 0 Å². The van der Waals surface area contributed by atoms with Crippen molar-refractivity contribution in [2.24, 2.45) is 0 Å². The molecule has 39 heavy (non-hydrogen) atoms. The van der Waals surface area contributed by atoms with Crippen molar-refractivity contribution in [1.82, 2.24) is 9.97 Å². The lowest BCUT2D eigenvalue weighted by Crippen LogP contribution is -1.95. The minimum Gasteiger partial charge on any atom is -0.451 e. The van der Waals surface area contributed by atoms with E-state index in [1.807, 2.05) is 12.1 Å². The molecule has 0 aliphatic rings. The van der Waals surface area contributed by atoms with E-state index in [4.69, 9.17) is 14.4 Å². The summed E-state index contributed by atoms with van der Waals surface area (Å²) in [6.45, 7) is 0. The average Bonchev–Trinajstić information content (AvgIpc) is 3.40. The number of hydrogen-bond donors (Lipinski definition) is 0. The molecule has 0 saturated heterocycles. The standard InChI is InChI=1S/C36H22N2O/c1-2-10-23(11-3-1)26-15-8-16-27(22-26)32-35-33(31-21-20-25-13-5-7-18-29(25)34(31)39-35)38-36(37-32)30-19-9-14-24-12-4-6-17-28(24)30/h1-22H. The minimum atomic E-state index is 0.690. The van der Waals surface area contributed by atoms with Crippen molar-refractivity contribution in [2.75, 3.05) is 0 Å². The van der Waals surface area contributed by atoms with Gasteiger partial charge in [0.15, 0.2) is 11.4 Å². The van der Waals surface area contributed by atoms with Crippen molar-refractivity contribution < 1.29 is 4.42 Å². The molecule has 8 aromatic rings. The summed E-state index contributed by atoms with van der Waals surface area (Å²) in [4.78, 5) is 10.3. The van der Waals surface area contributed by atoms with Gasteiger partial charge in [-0.15, -0.1) is 0 Å². The summed E-state index contributed by atoms with van der Waals surface area (Å²) in [6.07, 6.45) is 0. The molecule has 182 valence electrons. The molecular formula is C36H22N2O. The Labute approximate surface area is 225 Å². The van der Waals surface area contributed by atoms with Crippen LogP contribution in [0.4, 0.5) is 0 Å². The molecule has 0 spiro atoms. The zero-order valence-electron chi connectivity index (χ0n) is 21.0. The molecule has 3 heteroatoms. The topological polar surface area (TPSA) is 38.9 Å². The van der Waals surface area contributed by atoms with E-state index in [0.717, 1.165) is 66.0 Å². The maximum atomic E-state index is 6.65. The molecule has 8 rings (SSSR count). The SMILES string of the molecule is c1ccc(-c2cccc(-c3nc(-c4cccc5ccccc45)nc4c3oc3c5ccccc5ccc43)c2)cc1. The fraction of sp³-hybridized carbons (Fsp3) is 0. The second kappa shape index (κ2) is 8.64. The Balaban J connectivity index is 1.47. The second-order valence-corrected chi connectivity index (χ2v) is 9.81. The van der Waals surface area contributed by atoms with Gasteiger partial charge >= 0.3 is 0 Å². The van der Waals surface area contributed by atoms with Crippen molar-refractivity contribution >= 4 is 43.6 Å². The average molecular weight is 499 g/mol. The van der Waals surface area contributed by atoms with Crippen LogP contribution in [0.3, 0.4) is 0 Å². The highest BCUT2D eigenvalue weighted by Gasteiger charge is 2.20. The van der Waals surface area contributed by atoms with Crippen LogP contribution in [0.5, 0.6) is 0 Å². The fourth-order valence-corrected chi connectivity index (χ4v) is 5.58. The van der Waals surface area contributed by atoms with E-state index in [1.165, 1.54) is 0 Å². The number of rotatable bonds is 3. The number of fused-ring (bicyclic) bond motifs is 6. The molecule has 0 bridgehead atoms. The fourth-order valence-electron chi connectivity index (χ4n) is 5.58. The van der Waals surface area contributed by atoms with Crippen LogP contribution in [0.2, 0.25) is 0 Å². The second-order valence-electron chi connectivity index (χ2n) is 9.81. The highest BCUT2D eigenvalue weighted by molar-refractivity contribution is 6.16. The lowest BCUT2D eigenvalue weighted by atomic mass is 10.0. The first-order valence-electron chi connectivity index (χ1n) is 13.1. The molecule has 2 aromatic heterocycles. The maximum Gasteiger partial charge on any atom is 0.180 e. The Hall–Kier alpha value is -5.28. The van der Waals surface area contributed by atoms with Crippen LogP contribution >= 0.6 is 0 Å². The molecule has 0 saturated carbocycles. The monoisotopic (exact) mass is 498 g/mol. The van der Waals surface area contributed by atoms with Gasteiger partial charge in [0.25, 0.3) is 0 Å². The first kappa shape index (κ1) is 21.8. The summed E-state index contributed by atoms with van der Waals surface area (Å²) in [7, 11) is 0. The van der Waals surface area contributed by atoms with Gasteiger partial charge < -0.3 is 4.42 Å². The molecule has 0 N–H and O–H groups in total. The van der Waals surface area contributed by atoms with Gasteiger partial charge in [-0.1, -0.05) is 121 Å². The van der Waals surface area contributed by atoms with Gasteiger partial charge in [0.1, 0.15) is 16.8 Å². The van der Waals surface area contributed by atoms with Gasteiger partial charge in [-0.25, -0.2) is 9.97 Å². The highest BCUT2D eigenvalue weighted by atomic mass is 16.3. The van der Waals surface area contributed by atoms with Crippen molar-refractivity contribution in [3.05, 3.63) is 133 Å². The quantitative estimate of drug-likeness (QED) is 0.243. The molecule has 0 fully saturated rings. The van der Waals surface area contributed by atoms with E-state index in [9.17, 15) is 0 Å². The zero-order valence-corrected chi connectivity index (χ0v) is 21.0. The third-order valence-corrected chi connectivity index (χ3v) is 7.48. The van der Waals surface area contributed by atoms with Crippen LogP contribution in [0.15, 0.2) is 138 Å². The van der Waals surface area contributed by atoms with E-state index in [0.29, 0.717) is 11.4 Å². The Morgan fingerprint density at radius 3 is 1.97 bits per heavy atom. The number of hydrogen-bond acceptors (Lipinski definition) is 3. The Kier molecular flexibility index (Phi) is 4.82. The van der Waals surface area contributed by atoms with E-state index in [-0.39, 0.29) is 0 Å². The van der Waals surface area contributed by atoms with E-state index < -0.39 is 0 Å². The summed E-state index contributed by atoms with van der Waals surface area (Å²) in [5.41, 5.74) is 7.46. The molecule has 0 unspecified atom stereocenters. The first-order valence-corrected chi connectivity index (χ1v) is 13.1. The molecule has 0 amide bonds. The van der Waals surface area contributed by atoms with E-state index in [2.05, 4.69) is 121 Å². The number of nitrogens with zero attached hydrogens (tertiary/aromatic N) is 2. The highest BCUT2D eigenvalue weighted by Crippen LogP contribution is 2.39. The summed E-state index contributed by atoms with van der Waals surface area (Å²) in [5, 5.41) is 5.49. The summed E-state index contributed by atoms with van der Waals surface area (Å²) in [6, 6.07) is 46.2. The Morgan fingerprint density at radius 1 is 0.436 bits per heavy atom. The van der Waals surface area contributed by atoms with Crippen LogP contribution in [-0.4, -0.2) is 9.97 Å². The molecule has 2 heterocycles. The first-order chi connectivity index (χ1) is 19.3. The molecule has 0 radical (unpaired) electrons. The molecule has 0 aliphatic heterocycles. The lowest BCUT2D eigenvalue weighted by molar-refractivity contribution is 0.671. The predicted molar refractivity (Wildman–Crippen MR) is 161 cm³/mol. The lowest BCUT2D eigenvalue weighted by Gasteiger charge is -2.10. The zero-order chi connectivity index (χ0) is 25.8. The van der Waals surface area contributed by atoms with Crippen LogP contribution < -0.4 is 0 Å². The smallest absolute Gasteiger partial charge is 0.180 e. The molecule has 6 aromatic carbocycles.